The molecule has 0 saturated heterocycles. The lowest BCUT2D eigenvalue weighted by atomic mass is 10.1. The second kappa shape index (κ2) is 9.27. The number of hydrogen-bond donors (Lipinski definition) is 2. The van der Waals surface area contributed by atoms with Gasteiger partial charge >= 0.3 is 12.3 Å². The molecule has 156 valence electrons. The molecule has 0 spiro atoms. The summed E-state index contributed by atoms with van der Waals surface area (Å²) in [4.78, 5) is 13.9. The highest BCUT2D eigenvalue weighted by molar-refractivity contribution is 5.87. The Kier molecular flexibility index (Phi) is 6.52. The van der Waals surface area contributed by atoms with Gasteiger partial charge in [0, 0.05) is 35.2 Å². The smallest absolute Gasteiger partial charge is 0.493 e. The zero-order chi connectivity index (χ0) is 21.6. The number of rotatable bonds is 7. The molecule has 0 aliphatic rings. The Bertz CT molecular complexity index is 1080. The van der Waals surface area contributed by atoms with E-state index in [1.165, 1.54) is 24.3 Å². The van der Waals surface area contributed by atoms with Gasteiger partial charge in [0.2, 0.25) is 0 Å². The molecule has 0 unspecified atom stereocenters. The van der Waals surface area contributed by atoms with E-state index in [1.54, 1.807) is 12.3 Å². The lowest BCUT2D eigenvalue weighted by molar-refractivity contribution is -0.274. The van der Waals surface area contributed by atoms with Gasteiger partial charge in [-0.05, 0) is 48.4 Å². The van der Waals surface area contributed by atoms with Gasteiger partial charge in [0.05, 0.1) is 13.0 Å². The summed E-state index contributed by atoms with van der Waals surface area (Å²) in [7, 11) is 0. The van der Waals surface area contributed by atoms with Gasteiger partial charge in [-0.15, -0.1) is 13.2 Å². The van der Waals surface area contributed by atoms with Crippen molar-refractivity contribution in [1.82, 2.24) is 4.98 Å². The maximum absolute atomic E-state index is 12.1. The van der Waals surface area contributed by atoms with Gasteiger partial charge in [-0.25, -0.2) is 0 Å². The lowest BCUT2D eigenvalue weighted by Crippen LogP contribution is -2.16. The SMILES string of the molecule is O=C(O)Cc1c[nH]c2cc(OCCCC#Cc3ccc(OC(F)(F)F)cc3)ccc12. The number of aromatic amines is 1. The Morgan fingerprint density at radius 3 is 2.53 bits per heavy atom. The number of alkyl halides is 3. The quantitative estimate of drug-likeness (QED) is 0.424. The highest BCUT2D eigenvalue weighted by Gasteiger charge is 2.30. The van der Waals surface area contributed by atoms with Gasteiger partial charge in [-0.2, -0.15) is 0 Å². The van der Waals surface area contributed by atoms with Crippen molar-refractivity contribution in [3.8, 4) is 23.3 Å². The van der Waals surface area contributed by atoms with Crippen molar-refractivity contribution >= 4 is 16.9 Å². The van der Waals surface area contributed by atoms with Crippen molar-refractivity contribution in [1.29, 1.82) is 0 Å². The number of carbonyl (C=O) groups is 1. The minimum absolute atomic E-state index is 0.0447. The minimum atomic E-state index is -4.71. The van der Waals surface area contributed by atoms with Gasteiger partial charge in [-0.1, -0.05) is 11.8 Å². The molecule has 0 aliphatic carbocycles. The molecule has 1 heterocycles. The van der Waals surface area contributed by atoms with Gasteiger partial charge in [0.1, 0.15) is 11.5 Å². The van der Waals surface area contributed by atoms with Crippen molar-refractivity contribution in [3.63, 3.8) is 0 Å². The maximum Gasteiger partial charge on any atom is 0.573 e. The van der Waals surface area contributed by atoms with E-state index in [4.69, 9.17) is 9.84 Å². The number of unbranched alkanes of at least 4 members (excludes halogenated alkanes) is 1. The third-order valence-corrected chi connectivity index (χ3v) is 4.12. The van der Waals surface area contributed by atoms with Gasteiger partial charge in [-0.3, -0.25) is 4.79 Å². The van der Waals surface area contributed by atoms with Crippen LogP contribution in [0.4, 0.5) is 13.2 Å². The van der Waals surface area contributed by atoms with Gasteiger partial charge in [0.25, 0.3) is 0 Å². The first-order valence-electron chi connectivity index (χ1n) is 9.09. The van der Waals surface area contributed by atoms with Gasteiger partial charge in [0.15, 0.2) is 0 Å². The highest BCUT2D eigenvalue weighted by atomic mass is 19.4. The Hall–Kier alpha value is -3.60. The highest BCUT2D eigenvalue weighted by Crippen LogP contribution is 2.24. The van der Waals surface area contributed by atoms with Gasteiger partial charge < -0.3 is 19.6 Å². The van der Waals surface area contributed by atoms with Crippen LogP contribution in [0.25, 0.3) is 10.9 Å². The van der Waals surface area contributed by atoms with Crippen molar-refractivity contribution in [2.75, 3.05) is 6.61 Å². The molecule has 0 atom stereocenters. The Balaban J connectivity index is 1.45. The molecule has 3 aromatic rings. The van der Waals surface area contributed by atoms with E-state index in [9.17, 15) is 18.0 Å². The molecule has 2 aromatic carbocycles. The van der Waals surface area contributed by atoms with Crippen molar-refractivity contribution in [2.24, 2.45) is 0 Å². The summed E-state index contributed by atoms with van der Waals surface area (Å²) in [5, 5.41) is 9.77. The maximum atomic E-state index is 12.1. The minimum Gasteiger partial charge on any atom is -0.493 e. The topological polar surface area (TPSA) is 71.5 Å². The fourth-order valence-corrected chi connectivity index (χ4v) is 2.82. The molecule has 0 bridgehead atoms. The number of aliphatic carboxylic acids is 1. The molecule has 0 fully saturated rings. The summed E-state index contributed by atoms with van der Waals surface area (Å²) >= 11 is 0. The normalized spacial score (nSPS) is 11.0. The van der Waals surface area contributed by atoms with E-state index in [-0.39, 0.29) is 12.2 Å². The number of ether oxygens (including phenoxy) is 2. The molecule has 0 amide bonds. The lowest BCUT2D eigenvalue weighted by Gasteiger charge is -2.08. The summed E-state index contributed by atoms with van der Waals surface area (Å²) < 4.78 is 45.9. The molecule has 0 saturated carbocycles. The first-order chi connectivity index (χ1) is 14.3. The van der Waals surface area contributed by atoms with E-state index in [0.29, 0.717) is 30.8 Å². The molecular formula is C22H18F3NO4. The molecule has 1 aromatic heterocycles. The zero-order valence-electron chi connectivity index (χ0n) is 15.8. The fourth-order valence-electron chi connectivity index (χ4n) is 2.82. The van der Waals surface area contributed by atoms with E-state index in [2.05, 4.69) is 21.6 Å². The third-order valence-electron chi connectivity index (χ3n) is 4.12. The number of fused-ring (bicyclic) bond motifs is 1. The molecule has 3 rings (SSSR count). The van der Waals surface area contributed by atoms with E-state index >= 15 is 0 Å². The predicted molar refractivity (Wildman–Crippen MR) is 104 cm³/mol. The second-order valence-corrected chi connectivity index (χ2v) is 6.42. The Morgan fingerprint density at radius 1 is 1.10 bits per heavy atom. The summed E-state index contributed by atoms with van der Waals surface area (Å²) in [6, 6.07) is 10.8. The number of halogens is 3. The standard InChI is InChI=1S/C22H18F3NO4/c23-22(24,25)30-17-7-5-15(6-8-17)4-2-1-3-11-29-18-9-10-19-16(12-21(27)28)14-26-20(19)13-18/h5-10,13-14,26H,1,3,11-12H2,(H,27,28). The van der Waals surface area contributed by atoms with Crippen molar-refractivity contribution in [3.05, 3.63) is 59.8 Å². The molecule has 8 heteroatoms. The number of hydrogen-bond acceptors (Lipinski definition) is 3. The zero-order valence-corrected chi connectivity index (χ0v) is 15.8. The van der Waals surface area contributed by atoms with E-state index in [0.717, 1.165) is 16.5 Å². The van der Waals surface area contributed by atoms with Crippen LogP contribution in [-0.4, -0.2) is 29.0 Å². The number of carboxylic acids is 1. The molecular weight excluding hydrogens is 399 g/mol. The summed E-state index contributed by atoms with van der Waals surface area (Å²) in [5.74, 6) is 5.33. The van der Waals surface area contributed by atoms with Crippen LogP contribution in [0.2, 0.25) is 0 Å². The molecule has 5 nitrogen and oxygen atoms in total. The molecule has 2 N–H and O–H groups in total. The number of nitrogens with one attached hydrogen (secondary N) is 1. The monoisotopic (exact) mass is 417 g/mol. The molecule has 30 heavy (non-hydrogen) atoms. The third kappa shape index (κ3) is 6.21. The number of aromatic nitrogens is 1. The number of benzene rings is 2. The average molecular weight is 417 g/mol. The second-order valence-electron chi connectivity index (χ2n) is 6.42. The first kappa shape index (κ1) is 21.1. The van der Waals surface area contributed by atoms with Crippen LogP contribution >= 0.6 is 0 Å². The van der Waals surface area contributed by atoms with Crippen LogP contribution in [-0.2, 0) is 11.2 Å². The largest absolute Gasteiger partial charge is 0.573 e. The van der Waals surface area contributed by atoms with Crippen molar-refractivity contribution < 1.29 is 32.5 Å². The molecule has 0 aliphatic heterocycles. The summed E-state index contributed by atoms with van der Waals surface area (Å²) in [6.45, 7) is 0.446. The average Bonchev–Trinajstić information content (AvgIpc) is 3.06. The number of H-pyrrole nitrogens is 1. The number of carboxylic acid groups (broad SMARTS) is 1. The van der Waals surface area contributed by atoms with Crippen molar-refractivity contribution in [2.45, 2.75) is 25.6 Å². The van der Waals surface area contributed by atoms with Crippen LogP contribution in [0.1, 0.15) is 24.0 Å². The van der Waals surface area contributed by atoms with Crippen LogP contribution in [0.15, 0.2) is 48.7 Å². The summed E-state index contributed by atoms with van der Waals surface area (Å²) in [5.41, 5.74) is 2.12. The van der Waals surface area contributed by atoms with E-state index in [1.807, 2.05) is 12.1 Å². The van der Waals surface area contributed by atoms with Crippen LogP contribution < -0.4 is 9.47 Å². The fraction of sp³-hybridized carbons (Fsp3) is 0.227. The predicted octanol–water partition coefficient (Wildman–Crippen LogP) is 4.90. The Labute approximate surface area is 170 Å². The first-order valence-corrected chi connectivity index (χ1v) is 9.09. The van der Waals surface area contributed by atoms with E-state index < -0.39 is 12.3 Å². The Morgan fingerprint density at radius 2 is 1.83 bits per heavy atom. The molecule has 0 radical (unpaired) electrons. The van der Waals surface area contributed by atoms with Crippen LogP contribution in [0.5, 0.6) is 11.5 Å². The van der Waals surface area contributed by atoms with Crippen LogP contribution in [0.3, 0.4) is 0 Å². The van der Waals surface area contributed by atoms with Crippen LogP contribution in [0, 0.1) is 11.8 Å². The summed E-state index contributed by atoms with van der Waals surface area (Å²) in [6.07, 6.45) is -1.83.